The van der Waals surface area contributed by atoms with Gasteiger partial charge >= 0.3 is 0 Å². The molecule has 0 N–H and O–H groups in total. The van der Waals surface area contributed by atoms with Gasteiger partial charge in [-0.15, -0.1) is 0 Å². The number of hydrogen-bond donors (Lipinski definition) is 0. The lowest BCUT2D eigenvalue weighted by Gasteiger charge is -2.52. The Morgan fingerprint density at radius 1 is 1.33 bits per heavy atom. The van der Waals surface area contributed by atoms with E-state index in [9.17, 15) is 0 Å². The molecule has 2 fully saturated rings. The molecule has 0 radical (unpaired) electrons. The molecule has 0 aromatic heterocycles. The van der Waals surface area contributed by atoms with E-state index in [1.165, 1.54) is 57.2 Å². The molecular formula is C20H33N. The van der Waals surface area contributed by atoms with Crippen LogP contribution in [0.5, 0.6) is 0 Å². The number of fused-ring (bicyclic) bond motifs is 1. The second kappa shape index (κ2) is 7.45. The average Bonchev–Trinajstić information content (AvgIpc) is 2.46. The fourth-order valence-corrected chi connectivity index (χ4v) is 4.56. The third kappa shape index (κ3) is 4.10. The van der Waals surface area contributed by atoms with Crippen LogP contribution in [0, 0.1) is 17.3 Å². The van der Waals surface area contributed by atoms with Gasteiger partial charge in [-0.25, -0.2) is 0 Å². The first-order valence-corrected chi connectivity index (χ1v) is 8.75. The van der Waals surface area contributed by atoms with Gasteiger partial charge in [0.25, 0.3) is 0 Å². The first-order chi connectivity index (χ1) is 10.1. The van der Waals surface area contributed by atoms with Gasteiger partial charge in [0.05, 0.1) is 0 Å². The maximum atomic E-state index is 4.33. The van der Waals surface area contributed by atoms with Crippen LogP contribution in [0.3, 0.4) is 0 Å². The molecule has 0 aromatic carbocycles. The number of rotatable bonds is 5. The van der Waals surface area contributed by atoms with Gasteiger partial charge in [0.15, 0.2) is 0 Å². The van der Waals surface area contributed by atoms with Crippen LogP contribution in [0.2, 0.25) is 0 Å². The number of piperidine rings is 1. The predicted molar refractivity (Wildman–Crippen MR) is 93.4 cm³/mol. The highest BCUT2D eigenvalue weighted by Gasteiger charge is 2.45. The first-order valence-electron chi connectivity index (χ1n) is 8.75. The average molecular weight is 287 g/mol. The Bertz CT molecular complexity index is 406. The molecule has 0 spiro atoms. The minimum atomic E-state index is 0.496. The van der Waals surface area contributed by atoms with Crippen LogP contribution in [-0.2, 0) is 0 Å². The largest absolute Gasteiger partial charge is 0.306 e. The number of likely N-dealkylation sites (tertiary alicyclic amines) is 1. The van der Waals surface area contributed by atoms with Crippen LogP contribution >= 0.6 is 0 Å². The van der Waals surface area contributed by atoms with Crippen molar-refractivity contribution < 1.29 is 0 Å². The minimum absolute atomic E-state index is 0.496. The smallest absolute Gasteiger partial charge is 0.00408 e. The molecule has 2 aliphatic rings. The summed E-state index contributed by atoms with van der Waals surface area (Å²) in [5.41, 5.74) is 1.80. The maximum absolute atomic E-state index is 4.33. The van der Waals surface area contributed by atoms with Gasteiger partial charge in [-0.3, -0.25) is 0 Å². The molecule has 1 saturated heterocycles. The Balaban J connectivity index is 2.08. The Kier molecular flexibility index (Phi) is 5.87. The second-order valence-corrected chi connectivity index (χ2v) is 7.35. The van der Waals surface area contributed by atoms with Crippen LogP contribution in [0.1, 0.15) is 52.4 Å². The van der Waals surface area contributed by atoms with E-state index in [1.807, 2.05) is 0 Å². The zero-order valence-corrected chi connectivity index (χ0v) is 14.3. The Labute approximate surface area is 131 Å². The van der Waals surface area contributed by atoms with E-state index in [4.69, 9.17) is 0 Å². The zero-order chi connectivity index (χ0) is 15.3. The van der Waals surface area contributed by atoms with Crippen molar-refractivity contribution in [3.63, 3.8) is 0 Å². The highest BCUT2D eigenvalue weighted by molar-refractivity contribution is 5.21. The molecule has 21 heavy (non-hydrogen) atoms. The molecule has 1 nitrogen and oxygen atoms in total. The van der Waals surface area contributed by atoms with Crippen molar-refractivity contribution in [2.45, 2.75) is 52.4 Å². The number of nitrogens with zero attached hydrogens (tertiary/aromatic N) is 1. The summed E-state index contributed by atoms with van der Waals surface area (Å²) < 4.78 is 0. The summed E-state index contributed by atoms with van der Waals surface area (Å²) >= 11 is 0. The van der Waals surface area contributed by atoms with E-state index in [1.54, 1.807) is 0 Å². The Hall–Kier alpha value is -0.820. The van der Waals surface area contributed by atoms with Gasteiger partial charge in [0.1, 0.15) is 0 Å². The molecule has 3 atom stereocenters. The van der Waals surface area contributed by atoms with Crippen LogP contribution in [0.15, 0.2) is 36.5 Å². The molecule has 1 aliphatic heterocycles. The van der Waals surface area contributed by atoms with Crippen molar-refractivity contribution in [1.29, 1.82) is 0 Å². The summed E-state index contributed by atoms with van der Waals surface area (Å²) in [6, 6.07) is 0. The summed E-state index contributed by atoms with van der Waals surface area (Å²) in [5.74, 6) is 1.89. The summed E-state index contributed by atoms with van der Waals surface area (Å²) in [4.78, 5) is 2.55. The van der Waals surface area contributed by atoms with Gasteiger partial charge in [0.2, 0.25) is 0 Å². The topological polar surface area (TPSA) is 3.24 Å². The highest BCUT2D eigenvalue weighted by atomic mass is 15.1. The Morgan fingerprint density at radius 2 is 2.14 bits per heavy atom. The lowest BCUT2D eigenvalue weighted by atomic mass is 9.58. The van der Waals surface area contributed by atoms with Crippen molar-refractivity contribution in [2.24, 2.45) is 17.3 Å². The van der Waals surface area contributed by atoms with Crippen molar-refractivity contribution in [3.8, 4) is 0 Å². The molecular weight excluding hydrogens is 254 g/mol. The Morgan fingerprint density at radius 3 is 2.86 bits per heavy atom. The van der Waals surface area contributed by atoms with Crippen molar-refractivity contribution in [2.75, 3.05) is 20.1 Å². The van der Waals surface area contributed by atoms with Crippen LogP contribution < -0.4 is 0 Å². The quantitative estimate of drug-likeness (QED) is 0.627. The normalized spacial score (nSPS) is 34.4. The fourth-order valence-electron chi connectivity index (χ4n) is 4.56. The standard InChI is InChI=1S/C20H33N/c1-5-7-8-9-17(3)15-20-12-10-18(6-2)14-19(20)11-13-21(4)16-20/h5,7-9,18-19H,3,6,10-16H2,1-2,4H3/b7-5-,9-8-/t18?,19?,20-/m0/s1. The van der Waals surface area contributed by atoms with E-state index in [-0.39, 0.29) is 0 Å². The highest BCUT2D eigenvalue weighted by Crippen LogP contribution is 2.51. The van der Waals surface area contributed by atoms with Crippen molar-refractivity contribution >= 4 is 0 Å². The van der Waals surface area contributed by atoms with Crippen LogP contribution in [0.25, 0.3) is 0 Å². The fraction of sp³-hybridized carbons (Fsp3) is 0.700. The number of allylic oxidation sites excluding steroid dienone is 5. The molecule has 1 heterocycles. The molecule has 0 aromatic rings. The van der Waals surface area contributed by atoms with E-state index >= 15 is 0 Å². The molecule has 118 valence electrons. The van der Waals surface area contributed by atoms with Gasteiger partial charge in [-0.1, -0.05) is 49.8 Å². The SMILES string of the molecule is C=C(/C=C\C=C/C)C[C@]12CCC(CC)CC1CCN(C)C2. The second-order valence-electron chi connectivity index (χ2n) is 7.35. The molecule has 0 bridgehead atoms. The summed E-state index contributed by atoms with van der Waals surface area (Å²) in [6.45, 7) is 11.3. The van der Waals surface area contributed by atoms with Gasteiger partial charge < -0.3 is 4.90 Å². The van der Waals surface area contributed by atoms with Crippen LogP contribution in [0.4, 0.5) is 0 Å². The lowest BCUT2D eigenvalue weighted by Crippen LogP contribution is -2.50. The van der Waals surface area contributed by atoms with Crippen molar-refractivity contribution in [3.05, 3.63) is 36.5 Å². The van der Waals surface area contributed by atoms with Crippen molar-refractivity contribution in [1.82, 2.24) is 4.90 Å². The molecule has 1 heteroatoms. The third-order valence-electron chi connectivity index (χ3n) is 5.77. The van der Waals surface area contributed by atoms with Gasteiger partial charge in [-0.2, -0.15) is 0 Å². The van der Waals surface area contributed by atoms with E-state index in [0.29, 0.717) is 5.41 Å². The van der Waals surface area contributed by atoms with Crippen LogP contribution in [-0.4, -0.2) is 25.0 Å². The lowest BCUT2D eigenvalue weighted by molar-refractivity contribution is -0.0138. The van der Waals surface area contributed by atoms with E-state index < -0.39 is 0 Å². The molecule has 2 rings (SSSR count). The first kappa shape index (κ1) is 16.5. The minimum Gasteiger partial charge on any atom is -0.306 e. The molecule has 2 unspecified atom stereocenters. The molecule has 1 aliphatic carbocycles. The monoisotopic (exact) mass is 287 g/mol. The van der Waals surface area contributed by atoms with Gasteiger partial charge in [-0.05, 0) is 69.9 Å². The van der Waals surface area contributed by atoms with E-state index in [2.05, 4.69) is 56.7 Å². The number of hydrogen-bond acceptors (Lipinski definition) is 1. The summed E-state index contributed by atoms with van der Waals surface area (Å²) in [6.07, 6.45) is 16.7. The molecule has 0 amide bonds. The molecule has 1 saturated carbocycles. The summed E-state index contributed by atoms with van der Waals surface area (Å²) in [5, 5.41) is 0. The zero-order valence-electron chi connectivity index (χ0n) is 14.3. The maximum Gasteiger partial charge on any atom is 0.00408 e. The van der Waals surface area contributed by atoms with E-state index in [0.717, 1.165) is 11.8 Å². The predicted octanol–water partition coefficient (Wildman–Crippen LogP) is 5.21. The third-order valence-corrected chi connectivity index (χ3v) is 5.77. The summed E-state index contributed by atoms with van der Waals surface area (Å²) in [7, 11) is 2.29. The van der Waals surface area contributed by atoms with Gasteiger partial charge in [0, 0.05) is 6.54 Å².